The number of carbonyl (C=O) groups excluding carboxylic acids is 2. The molecule has 5 heteroatoms. The molecule has 1 amide bonds. The van der Waals surface area contributed by atoms with Crippen LogP contribution in [0.2, 0.25) is 0 Å². The number of ketones is 1. The molecule has 5 nitrogen and oxygen atoms in total. The van der Waals surface area contributed by atoms with Gasteiger partial charge in [0.2, 0.25) is 0 Å². The van der Waals surface area contributed by atoms with Crippen molar-refractivity contribution in [3.63, 3.8) is 0 Å². The highest BCUT2D eigenvalue weighted by Crippen LogP contribution is 2.40. The van der Waals surface area contributed by atoms with Crippen LogP contribution in [0.15, 0.2) is 54.9 Å². The normalized spacial score (nSPS) is 12.0. The average molecular weight is 393 g/mol. The molecular weight excluding hydrogens is 374 g/mol. The Balaban J connectivity index is 1.70. The number of nitrogens with one attached hydrogen (secondary N) is 1. The van der Waals surface area contributed by atoms with Crippen molar-refractivity contribution in [1.82, 2.24) is 9.97 Å². The van der Waals surface area contributed by atoms with Crippen molar-refractivity contribution in [1.29, 1.82) is 0 Å². The smallest absolute Gasteiger partial charge is 0.256 e. The van der Waals surface area contributed by atoms with Crippen LogP contribution in [0.1, 0.15) is 43.0 Å². The second kappa shape index (κ2) is 6.59. The predicted molar refractivity (Wildman–Crippen MR) is 117 cm³/mol. The summed E-state index contributed by atoms with van der Waals surface area (Å²) < 4.78 is 0. The lowest BCUT2D eigenvalue weighted by Crippen LogP contribution is -2.19. The highest BCUT2D eigenvalue weighted by molar-refractivity contribution is 6.28. The second-order valence-electron chi connectivity index (χ2n) is 7.71. The third-order valence-corrected chi connectivity index (χ3v) is 5.61. The molecule has 0 saturated heterocycles. The molecule has 4 aromatic rings. The number of hydrogen-bond donors (Lipinski definition) is 1. The van der Waals surface area contributed by atoms with Crippen molar-refractivity contribution in [2.75, 3.05) is 5.32 Å². The number of anilines is 1. The molecule has 146 valence electrons. The number of carbonyl (C=O) groups is 2. The van der Waals surface area contributed by atoms with Gasteiger partial charge >= 0.3 is 0 Å². The van der Waals surface area contributed by atoms with Gasteiger partial charge in [0.25, 0.3) is 5.91 Å². The van der Waals surface area contributed by atoms with E-state index in [2.05, 4.69) is 15.3 Å². The van der Waals surface area contributed by atoms with Gasteiger partial charge < -0.3 is 5.32 Å². The van der Waals surface area contributed by atoms with Crippen LogP contribution in [0.3, 0.4) is 0 Å². The number of amides is 1. The molecule has 0 radical (unpaired) electrons. The van der Waals surface area contributed by atoms with E-state index in [1.165, 1.54) is 6.33 Å². The van der Waals surface area contributed by atoms with Crippen LogP contribution in [0.4, 0.5) is 5.69 Å². The molecule has 1 N–H and O–H groups in total. The minimum atomic E-state index is -0.231. The Kier molecular flexibility index (Phi) is 4.00. The van der Waals surface area contributed by atoms with Gasteiger partial charge in [-0.25, -0.2) is 9.97 Å². The van der Waals surface area contributed by atoms with E-state index in [1.54, 1.807) is 12.1 Å². The minimum absolute atomic E-state index is 0.133. The molecule has 1 aliphatic carbocycles. The van der Waals surface area contributed by atoms with Gasteiger partial charge in [0.15, 0.2) is 5.78 Å². The Bertz CT molecular complexity index is 1370. The van der Waals surface area contributed by atoms with Crippen molar-refractivity contribution in [3.05, 3.63) is 88.2 Å². The minimum Gasteiger partial charge on any atom is -0.321 e. The molecule has 1 heterocycles. The summed E-state index contributed by atoms with van der Waals surface area (Å²) >= 11 is 0. The van der Waals surface area contributed by atoms with Crippen LogP contribution in [-0.2, 0) is 0 Å². The summed E-state index contributed by atoms with van der Waals surface area (Å²) in [5.74, 6) is -0.364. The summed E-state index contributed by atoms with van der Waals surface area (Å²) in [6.45, 7) is 5.85. The van der Waals surface area contributed by atoms with Crippen LogP contribution in [0.5, 0.6) is 0 Å². The van der Waals surface area contributed by atoms with Gasteiger partial charge in [-0.2, -0.15) is 0 Å². The summed E-state index contributed by atoms with van der Waals surface area (Å²) in [6, 6.07) is 14.9. The first-order chi connectivity index (χ1) is 14.5. The Morgan fingerprint density at radius 2 is 1.60 bits per heavy atom. The van der Waals surface area contributed by atoms with Crippen LogP contribution in [0, 0.1) is 20.8 Å². The quantitative estimate of drug-likeness (QED) is 0.457. The maximum Gasteiger partial charge on any atom is 0.256 e. The van der Waals surface area contributed by atoms with Gasteiger partial charge in [-0.15, -0.1) is 0 Å². The zero-order valence-electron chi connectivity index (χ0n) is 16.9. The lowest BCUT2D eigenvalue weighted by Gasteiger charge is -2.21. The van der Waals surface area contributed by atoms with E-state index in [9.17, 15) is 9.59 Å². The lowest BCUT2D eigenvalue weighted by atomic mass is 9.85. The van der Waals surface area contributed by atoms with Gasteiger partial charge in [-0.05, 0) is 44.0 Å². The summed E-state index contributed by atoms with van der Waals surface area (Å²) in [5.41, 5.74) is 7.21. The second-order valence-corrected chi connectivity index (χ2v) is 7.71. The van der Waals surface area contributed by atoms with Crippen LogP contribution < -0.4 is 5.32 Å². The van der Waals surface area contributed by atoms with Crippen molar-refractivity contribution in [3.8, 4) is 11.3 Å². The number of aromatic nitrogens is 2. The molecule has 1 aromatic heterocycles. The molecule has 1 aliphatic rings. The van der Waals surface area contributed by atoms with Crippen LogP contribution in [0.25, 0.3) is 22.2 Å². The number of aryl methyl sites for hydroxylation is 3. The van der Waals surface area contributed by atoms with Gasteiger partial charge in [-0.3, -0.25) is 9.59 Å². The number of nitrogens with zero attached hydrogens (tertiary/aromatic N) is 2. The lowest BCUT2D eigenvalue weighted by molar-refractivity contribution is 0.102. The van der Waals surface area contributed by atoms with Gasteiger partial charge in [0.1, 0.15) is 6.33 Å². The highest BCUT2D eigenvalue weighted by atomic mass is 16.2. The topological polar surface area (TPSA) is 72.0 Å². The summed E-state index contributed by atoms with van der Waals surface area (Å²) in [6.07, 6.45) is 1.51. The first-order valence-corrected chi connectivity index (χ1v) is 9.76. The SMILES string of the molecule is Cc1cc(C)c(C(=O)Nc2ccc3ncnc4c3c2C(=O)c2ccccc2-4)c(C)c1. The number of benzene rings is 3. The van der Waals surface area contributed by atoms with Gasteiger partial charge in [0.05, 0.1) is 22.5 Å². The highest BCUT2D eigenvalue weighted by Gasteiger charge is 2.29. The predicted octanol–water partition coefficient (Wildman–Crippen LogP) is 5.02. The van der Waals surface area contributed by atoms with Crippen LogP contribution >= 0.6 is 0 Å². The average Bonchev–Trinajstić information content (AvgIpc) is 2.71. The Morgan fingerprint density at radius 1 is 0.900 bits per heavy atom. The number of rotatable bonds is 2. The van der Waals surface area contributed by atoms with E-state index in [4.69, 9.17) is 0 Å². The Labute approximate surface area is 173 Å². The number of fused-ring (bicyclic) bond motifs is 2. The van der Waals surface area contributed by atoms with Crippen molar-refractivity contribution in [2.24, 2.45) is 0 Å². The first kappa shape index (κ1) is 18.2. The van der Waals surface area contributed by atoms with E-state index in [0.717, 1.165) is 22.3 Å². The van der Waals surface area contributed by atoms with E-state index in [0.29, 0.717) is 39.0 Å². The van der Waals surface area contributed by atoms with Gasteiger partial charge in [-0.1, -0.05) is 42.0 Å². The Morgan fingerprint density at radius 3 is 2.33 bits per heavy atom. The van der Waals surface area contributed by atoms with E-state index >= 15 is 0 Å². The first-order valence-electron chi connectivity index (χ1n) is 9.76. The third-order valence-electron chi connectivity index (χ3n) is 5.61. The monoisotopic (exact) mass is 393 g/mol. The zero-order valence-corrected chi connectivity index (χ0v) is 16.9. The summed E-state index contributed by atoms with van der Waals surface area (Å²) in [5, 5.41) is 3.66. The maximum absolute atomic E-state index is 13.4. The number of hydrogen-bond acceptors (Lipinski definition) is 4. The molecule has 3 aromatic carbocycles. The molecule has 0 spiro atoms. The van der Waals surface area contributed by atoms with Crippen molar-refractivity contribution in [2.45, 2.75) is 20.8 Å². The van der Waals surface area contributed by atoms with E-state index < -0.39 is 0 Å². The van der Waals surface area contributed by atoms with Gasteiger partial charge in [0, 0.05) is 22.1 Å². The molecule has 0 atom stereocenters. The van der Waals surface area contributed by atoms with Crippen molar-refractivity contribution >= 4 is 28.3 Å². The standard InChI is InChI=1S/C25H19N3O2/c1-13-10-14(2)20(15(3)11-13)25(30)28-19-9-8-18-21-22(19)24(29)17-7-5-4-6-16(17)23(21)27-12-26-18/h4-12H,1-3H3,(H,28,30). The van der Waals surface area contributed by atoms with E-state index in [-0.39, 0.29) is 11.7 Å². The fraction of sp³-hybridized carbons (Fsp3) is 0.120. The Hall–Kier alpha value is -3.86. The molecule has 0 bridgehead atoms. The third kappa shape index (κ3) is 2.63. The van der Waals surface area contributed by atoms with E-state index in [1.807, 2.05) is 57.2 Å². The fourth-order valence-corrected chi connectivity index (χ4v) is 4.44. The molecule has 0 saturated carbocycles. The molecule has 5 rings (SSSR count). The molecular formula is C25H19N3O2. The zero-order chi connectivity index (χ0) is 21.0. The molecule has 0 unspecified atom stereocenters. The van der Waals surface area contributed by atoms with Crippen molar-refractivity contribution < 1.29 is 9.59 Å². The summed E-state index contributed by atoms with van der Waals surface area (Å²) in [4.78, 5) is 35.4. The molecule has 0 aliphatic heterocycles. The fourth-order valence-electron chi connectivity index (χ4n) is 4.44. The maximum atomic E-state index is 13.4. The summed E-state index contributed by atoms with van der Waals surface area (Å²) in [7, 11) is 0. The van der Waals surface area contributed by atoms with Crippen LogP contribution in [-0.4, -0.2) is 21.7 Å². The largest absolute Gasteiger partial charge is 0.321 e. The molecule has 0 fully saturated rings. The molecule has 30 heavy (non-hydrogen) atoms.